The van der Waals surface area contributed by atoms with E-state index in [0.29, 0.717) is 18.8 Å². The quantitative estimate of drug-likeness (QED) is 0.372. The fourth-order valence-electron chi connectivity index (χ4n) is 2.77. The number of hydrogen-bond acceptors (Lipinski definition) is 4. The number of rotatable bonds is 11. The van der Waals surface area contributed by atoms with E-state index in [9.17, 15) is 4.79 Å². The Morgan fingerprint density at radius 1 is 0.931 bits per heavy atom. The maximum Gasteiger partial charge on any atom is 0.257 e. The van der Waals surface area contributed by atoms with Gasteiger partial charge in [0.2, 0.25) is 0 Å². The monoisotopic (exact) mass is 414 g/mol. The molecule has 0 saturated heterocycles. The molecular formula is C23H30N2O3S. The Bertz CT molecular complexity index is 778. The molecule has 0 atom stereocenters. The van der Waals surface area contributed by atoms with Crippen LogP contribution >= 0.6 is 12.2 Å². The van der Waals surface area contributed by atoms with Crippen molar-refractivity contribution in [1.82, 2.24) is 5.32 Å². The van der Waals surface area contributed by atoms with Crippen molar-refractivity contribution in [2.45, 2.75) is 46.0 Å². The average Bonchev–Trinajstić information content (AvgIpc) is 2.71. The van der Waals surface area contributed by atoms with Crippen molar-refractivity contribution in [2.24, 2.45) is 0 Å². The Kier molecular flexibility index (Phi) is 10.00. The summed E-state index contributed by atoms with van der Waals surface area (Å²) in [6.07, 6.45) is 6.00. The minimum Gasteiger partial charge on any atom is -0.494 e. The van der Waals surface area contributed by atoms with Crippen molar-refractivity contribution in [1.29, 1.82) is 0 Å². The Labute approximate surface area is 178 Å². The van der Waals surface area contributed by atoms with Crippen LogP contribution in [0.5, 0.6) is 11.5 Å². The minimum atomic E-state index is -0.269. The highest BCUT2D eigenvalue weighted by Crippen LogP contribution is 2.17. The summed E-state index contributed by atoms with van der Waals surface area (Å²) in [4.78, 5) is 12.4. The van der Waals surface area contributed by atoms with Crippen LogP contribution in [0.1, 0.15) is 56.3 Å². The van der Waals surface area contributed by atoms with Crippen molar-refractivity contribution in [2.75, 3.05) is 18.5 Å². The third-order valence-electron chi connectivity index (χ3n) is 4.26. The van der Waals surface area contributed by atoms with Gasteiger partial charge in [0.1, 0.15) is 11.5 Å². The van der Waals surface area contributed by atoms with Gasteiger partial charge in [0.25, 0.3) is 5.91 Å². The summed E-state index contributed by atoms with van der Waals surface area (Å²) in [6, 6.07) is 14.5. The molecule has 6 heteroatoms. The maximum absolute atomic E-state index is 12.4. The van der Waals surface area contributed by atoms with E-state index in [-0.39, 0.29) is 11.0 Å². The SMILES string of the molecule is CCCCCCCOc1ccc(C(=O)NC(=S)Nc2cccc(OCC)c2)cc1. The molecule has 0 aliphatic carbocycles. The van der Waals surface area contributed by atoms with Crippen LogP contribution in [0.15, 0.2) is 48.5 Å². The predicted octanol–water partition coefficient (Wildman–Crippen LogP) is 5.56. The molecule has 0 aliphatic rings. The topological polar surface area (TPSA) is 59.6 Å². The van der Waals surface area contributed by atoms with E-state index in [1.165, 1.54) is 25.7 Å². The lowest BCUT2D eigenvalue weighted by atomic mass is 10.2. The smallest absolute Gasteiger partial charge is 0.257 e. The lowest BCUT2D eigenvalue weighted by Crippen LogP contribution is -2.34. The summed E-state index contributed by atoms with van der Waals surface area (Å²) in [5.74, 6) is 1.24. The number of unbranched alkanes of at least 4 members (excludes halogenated alkanes) is 4. The van der Waals surface area contributed by atoms with Gasteiger partial charge in [-0.25, -0.2) is 0 Å². The number of nitrogens with one attached hydrogen (secondary N) is 2. The van der Waals surface area contributed by atoms with Gasteiger partial charge in [-0.15, -0.1) is 0 Å². The first kappa shape index (κ1) is 22.7. The normalized spacial score (nSPS) is 10.3. The molecular weight excluding hydrogens is 384 g/mol. The Balaban J connectivity index is 1.78. The number of ether oxygens (including phenoxy) is 2. The van der Waals surface area contributed by atoms with Crippen LogP contribution in [0.2, 0.25) is 0 Å². The van der Waals surface area contributed by atoms with Crippen LogP contribution in [-0.4, -0.2) is 24.2 Å². The van der Waals surface area contributed by atoms with E-state index in [4.69, 9.17) is 21.7 Å². The Morgan fingerprint density at radius 3 is 2.41 bits per heavy atom. The van der Waals surface area contributed by atoms with Gasteiger partial charge in [-0.3, -0.25) is 10.1 Å². The first-order chi connectivity index (χ1) is 14.1. The van der Waals surface area contributed by atoms with E-state index >= 15 is 0 Å². The molecule has 2 aromatic rings. The molecule has 2 rings (SSSR count). The van der Waals surface area contributed by atoms with Crippen LogP contribution < -0.4 is 20.1 Å². The van der Waals surface area contributed by atoms with Gasteiger partial charge in [-0.2, -0.15) is 0 Å². The molecule has 0 heterocycles. The molecule has 2 N–H and O–H groups in total. The van der Waals surface area contributed by atoms with Gasteiger partial charge in [-0.05, 0) is 62.0 Å². The van der Waals surface area contributed by atoms with E-state index in [2.05, 4.69) is 17.6 Å². The summed E-state index contributed by atoms with van der Waals surface area (Å²) < 4.78 is 11.2. The average molecular weight is 415 g/mol. The first-order valence-electron chi connectivity index (χ1n) is 10.2. The summed E-state index contributed by atoms with van der Waals surface area (Å²) in [6.45, 7) is 5.42. The molecule has 0 unspecified atom stereocenters. The molecule has 0 aromatic heterocycles. The standard InChI is InChI=1S/C23H30N2O3S/c1-3-5-6-7-8-16-28-20-14-12-18(13-15-20)22(26)25-23(29)24-19-10-9-11-21(17-19)27-4-2/h9-15,17H,3-8,16H2,1-2H3,(H2,24,25,26,29). The highest BCUT2D eigenvalue weighted by Gasteiger charge is 2.09. The lowest BCUT2D eigenvalue weighted by molar-refractivity contribution is 0.0977. The maximum atomic E-state index is 12.4. The third kappa shape index (κ3) is 8.52. The van der Waals surface area contributed by atoms with Crippen LogP contribution in [0.3, 0.4) is 0 Å². The molecule has 156 valence electrons. The van der Waals surface area contributed by atoms with Crippen LogP contribution in [-0.2, 0) is 0 Å². The summed E-state index contributed by atoms with van der Waals surface area (Å²) >= 11 is 5.24. The van der Waals surface area contributed by atoms with Gasteiger partial charge in [-0.1, -0.05) is 38.7 Å². The second-order valence-electron chi connectivity index (χ2n) is 6.66. The molecule has 29 heavy (non-hydrogen) atoms. The van der Waals surface area contributed by atoms with E-state index in [1.807, 2.05) is 43.3 Å². The third-order valence-corrected chi connectivity index (χ3v) is 4.47. The number of amides is 1. The number of anilines is 1. The second-order valence-corrected chi connectivity index (χ2v) is 7.06. The zero-order chi connectivity index (χ0) is 20.9. The van der Waals surface area contributed by atoms with Crippen molar-refractivity contribution >= 4 is 28.9 Å². The second kappa shape index (κ2) is 12.8. The Hall–Kier alpha value is -2.60. The molecule has 5 nitrogen and oxygen atoms in total. The molecule has 2 aromatic carbocycles. The number of benzene rings is 2. The zero-order valence-electron chi connectivity index (χ0n) is 17.2. The van der Waals surface area contributed by atoms with Gasteiger partial charge in [0.05, 0.1) is 13.2 Å². The van der Waals surface area contributed by atoms with Gasteiger partial charge < -0.3 is 14.8 Å². The fourth-order valence-corrected chi connectivity index (χ4v) is 2.98. The van der Waals surface area contributed by atoms with Crippen molar-refractivity contribution in [3.8, 4) is 11.5 Å². The highest BCUT2D eigenvalue weighted by molar-refractivity contribution is 7.80. The van der Waals surface area contributed by atoms with E-state index in [1.54, 1.807) is 12.1 Å². The van der Waals surface area contributed by atoms with Crippen molar-refractivity contribution < 1.29 is 14.3 Å². The largest absolute Gasteiger partial charge is 0.494 e. The number of thiocarbonyl (C=S) groups is 1. The zero-order valence-corrected chi connectivity index (χ0v) is 18.0. The number of carbonyl (C=O) groups is 1. The molecule has 1 amide bonds. The molecule has 0 fully saturated rings. The molecule has 0 saturated carbocycles. The number of carbonyl (C=O) groups excluding carboxylic acids is 1. The van der Waals surface area contributed by atoms with Gasteiger partial charge in [0, 0.05) is 17.3 Å². The van der Waals surface area contributed by atoms with Gasteiger partial charge >= 0.3 is 0 Å². The lowest BCUT2D eigenvalue weighted by Gasteiger charge is -2.11. The van der Waals surface area contributed by atoms with Crippen LogP contribution in [0, 0.1) is 0 Å². The molecule has 0 spiro atoms. The van der Waals surface area contributed by atoms with E-state index in [0.717, 1.165) is 23.6 Å². The first-order valence-corrected chi connectivity index (χ1v) is 10.6. The van der Waals surface area contributed by atoms with Crippen molar-refractivity contribution in [3.05, 3.63) is 54.1 Å². The van der Waals surface area contributed by atoms with Crippen LogP contribution in [0.4, 0.5) is 5.69 Å². The van der Waals surface area contributed by atoms with Gasteiger partial charge in [0.15, 0.2) is 5.11 Å². The fraction of sp³-hybridized carbons (Fsp3) is 0.391. The molecule has 0 bridgehead atoms. The van der Waals surface area contributed by atoms with Crippen LogP contribution in [0.25, 0.3) is 0 Å². The Morgan fingerprint density at radius 2 is 1.69 bits per heavy atom. The highest BCUT2D eigenvalue weighted by atomic mass is 32.1. The summed E-state index contributed by atoms with van der Waals surface area (Å²) in [5, 5.41) is 5.92. The predicted molar refractivity (Wildman–Crippen MR) is 122 cm³/mol. The molecule has 0 radical (unpaired) electrons. The molecule has 0 aliphatic heterocycles. The van der Waals surface area contributed by atoms with Crippen molar-refractivity contribution in [3.63, 3.8) is 0 Å². The summed E-state index contributed by atoms with van der Waals surface area (Å²) in [5.41, 5.74) is 1.27. The number of hydrogen-bond donors (Lipinski definition) is 2. The summed E-state index contributed by atoms with van der Waals surface area (Å²) in [7, 11) is 0. The minimum absolute atomic E-state index is 0.232. The van der Waals surface area contributed by atoms with E-state index < -0.39 is 0 Å².